The lowest BCUT2D eigenvalue weighted by atomic mass is 9.85. The molecule has 0 saturated heterocycles. The summed E-state index contributed by atoms with van der Waals surface area (Å²) < 4.78 is 15.5. The number of halogens is 1. The summed E-state index contributed by atoms with van der Waals surface area (Å²) >= 11 is 0. The van der Waals surface area contributed by atoms with Gasteiger partial charge in [0.15, 0.2) is 5.67 Å². The Balaban J connectivity index is 2.27. The van der Waals surface area contributed by atoms with Crippen molar-refractivity contribution in [3.05, 3.63) is 59.7 Å². The first-order chi connectivity index (χ1) is 8.63. The summed E-state index contributed by atoms with van der Waals surface area (Å²) in [5.74, 6) is 0.328. The number of rotatable bonds is 2. The molecule has 1 aliphatic carbocycles. The smallest absolute Gasteiger partial charge is 0.162 e. The maximum absolute atomic E-state index is 15.5. The summed E-state index contributed by atoms with van der Waals surface area (Å²) in [6.45, 7) is 4.15. The minimum Gasteiger partial charge on any atom is -0.233 e. The molecule has 2 aromatic carbocycles. The van der Waals surface area contributed by atoms with E-state index in [0.717, 1.165) is 22.3 Å². The van der Waals surface area contributed by atoms with Gasteiger partial charge in [0.05, 0.1) is 0 Å². The van der Waals surface area contributed by atoms with E-state index in [1.807, 2.05) is 48.5 Å². The Bertz CT molecular complexity index is 538. The molecule has 0 fully saturated rings. The minimum atomic E-state index is -1.32. The maximum atomic E-state index is 15.5. The van der Waals surface area contributed by atoms with Gasteiger partial charge in [0, 0.05) is 11.1 Å². The largest absolute Gasteiger partial charge is 0.233 e. The molecule has 0 atom stereocenters. The lowest BCUT2D eigenvalue weighted by Crippen LogP contribution is -2.21. The summed E-state index contributed by atoms with van der Waals surface area (Å²) in [7, 11) is 0. The van der Waals surface area contributed by atoms with Crippen molar-refractivity contribution in [1.82, 2.24) is 0 Å². The molecule has 3 rings (SSSR count). The molecule has 1 heteroatoms. The first kappa shape index (κ1) is 11.5. The number of hydrogen-bond acceptors (Lipinski definition) is 0. The predicted molar refractivity (Wildman–Crippen MR) is 73.2 cm³/mol. The van der Waals surface area contributed by atoms with Crippen LogP contribution >= 0.6 is 0 Å². The van der Waals surface area contributed by atoms with E-state index in [-0.39, 0.29) is 0 Å². The summed E-state index contributed by atoms with van der Waals surface area (Å²) in [5, 5.41) is 0. The first-order valence-electron chi connectivity index (χ1n) is 6.51. The van der Waals surface area contributed by atoms with Crippen molar-refractivity contribution in [2.24, 2.45) is 5.92 Å². The fourth-order valence-electron chi connectivity index (χ4n) is 3.05. The monoisotopic (exact) mass is 240 g/mol. The number of hydrogen-bond donors (Lipinski definition) is 0. The van der Waals surface area contributed by atoms with Crippen molar-refractivity contribution < 1.29 is 4.39 Å². The normalized spacial score (nSPS) is 15.6. The van der Waals surface area contributed by atoms with Crippen LogP contribution in [0.15, 0.2) is 48.5 Å². The summed E-state index contributed by atoms with van der Waals surface area (Å²) in [5.41, 5.74) is 2.45. The van der Waals surface area contributed by atoms with Gasteiger partial charge in [-0.25, -0.2) is 4.39 Å². The molecule has 0 radical (unpaired) electrons. The molecule has 1 aliphatic rings. The summed E-state index contributed by atoms with van der Waals surface area (Å²) in [6, 6.07) is 15.7. The van der Waals surface area contributed by atoms with E-state index >= 15 is 4.39 Å². The molecule has 0 heterocycles. The van der Waals surface area contributed by atoms with Gasteiger partial charge < -0.3 is 0 Å². The predicted octanol–water partition coefficient (Wildman–Crippen LogP) is 4.93. The highest BCUT2D eigenvalue weighted by atomic mass is 19.1. The molecule has 0 spiro atoms. The maximum Gasteiger partial charge on any atom is 0.162 e. The van der Waals surface area contributed by atoms with E-state index in [0.29, 0.717) is 12.3 Å². The molecular formula is C17H17F. The molecule has 0 N–H and O–H groups in total. The van der Waals surface area contributed by atoms with Crippen LogP contribution in [0.1, 0.15) is 31.4 Å². The molecule has 2 aromatic rings. The van der Waals surface area contributed by atoms with Gasteiger partial charge in [-0.2, -0.15) is 0 Å². The van der Waals surface area contributed by atoms with E-state index in [4.69, 9.17) is 0 Å². The van der Waals surface area contributed by atoms with Crippen LogP contribution in [-0.4, -0.2) is 0 Å². The molecule has 0 aromatic heterocycles. The van der Waals surface area contributed by atoms with Crippen LogP contribution in [0.5, 0.6) is 0 Å². The fourth-order valence-corrected chi connectivity index (χ4v) is 3.05. The van der Waals surface area contributed by atoms with E-state index in [2.05, 4.69) is 13.8 Å². The highest BCUT2D eigenvalue weighted by molar-refractivity contribution is 5.80. The van der Waals surface area contributed by atoms with Gasteiger partial charge in [-0.3, -0.25) is 0 Å². The van der Waals surface area contributed by atoms with Crippen LogP contribution in [0, 0.1) is 5.92 Å². The van der Waals surface area contributed by atoms with Gasteiger partial charge in [-0.05, 0) is 23.5 Å². The van der Waals surface area contributed by atoms with E-state index in [1.54, 1.807) is 0 Å². The van der Waals surface area contributed by atoms with Crippen LogP contribution in [0.2, 0.25) is 0 Å². The van der Waals surface area contributed by atoms with Crippen molar-refractivity contribution in [1.29, 1.82) is 0 Å². The number of benzene rings is 2. The van der Waals surface area contributed by atoms with E-state index < -0.39 is 5.67 Å². The molecule has 92 valence electrons. The second kappa shape index (κ2) is 3.94. The standard InChI is InChI=1S/C17H17F/c1-12(2)11-17(18)15-9-5-3-7-13(15)14-8-4-6-10-16(14)17/h3-10,12H,11H2,1-2H3. The summed E-state index contributed by atoms with van der Waals surface area (Å²) in [4.78, 5) is 0. The Morgan fingerprint density at radius 1 is 0.889 bits per heavy atom. The molecule has 18 heavy (non-hydrogen) atoms. The van der Waals surface area contributed by atoms with E-state index in [9.17, 15) is 0 Å². The molecule has 0 aliphatic heterocycles. The average Bonchev–Trinajstić information content (AvgIpc) is 2.61. The van der Waals surface area contributed by atoms with Crippen molar-refractivity contribution in [3.63, 3.8) is 0 Å². The number of fused-ring (bicyclic) bond motifs is 3. The van der Waals surface area contributed by atoms with Crippen molar-refractivity contribution in [2.75, 3.05) is 0 Å². The second-order valence-electron chi connectivity index (χ2n) is 5.49. The third-order valence-electron chi connectivity index (χ3n) is 3.69. The fraction of sp³-hybridized carbons (Fsp3) is 0.294. The lowest BCUT2D eigenvalue weighted by molar-refractivity contribution is 0.187. The zero-order valence-corrected chi connectivity index (χ0v) is 10.8. The molecule has 0 amide bonds. The third-order valence-corrected chi connectivity index (χ3v) is 3.69. The van der Waals surface area contributed by atoms with Crippen molar-refractivity contribution in [3.8, 4) is 11.1 Å². The molecule has 0 bridgehead atoms. The zero-order chi connectivity index (χ0) is 12.8. The third kappa shape index (κ3) is 1.50. The quantitative estimate of drug-likeness (QED) is 0.698. The van der Waals surface area contributed by atoms with Gasteiger partial charge in [0.2, 0.25) is 0 Å². The van der Waals surface area contributed by atoms with Crippen LogP contribution < -0.4 is 0 Å². The Labute approximate surface area is 107 Å². The highest BCUT2D eigenvalue weighted by Crippen LogP contribution is 2.52. The SMILES string of the molecule is CC(C)CC1(F)c2ccccc2-c2ccccc21. The second-order valence-corrected chi connectivity index (χ2v) is 5.49. The Kier molecular flexibility index (Phi) is 2.51. The van der Waals surface area contributed by atoms with Crippen LogP contribution in [0.3, 0.4) is 0 Å². The van der Waals surface area contributed by atoms with Gasteiger partial charge in [0.1, 0.15) is 0 Å². The lowest BCUT2D eigenvalue weighted by Gasteiger charge is -2.24. The van der Waals surface area contributed by atoms with Gasteiger partial charge in [-0.15, -0.1) is 0 Å². The Morgan fingerprint density at radius 3 is 1.78 bits per heavy atom. The van der Waals surface area contributed by atoms with Gasteiger partial charge in [-0.1, -0.05) is 62.4 Å². The summed E-state index contributed by atoms with van der Waals surface area (Å²) in [6.07, 6.45) is 0.543. The average molecular weight is 240 g/mol. The van der Waals surface area contributed by atoms with Crippen LogP contribution in [-0.2, 0) is 5.67 Å². The van der Waals surface area contributed by atoms with Crippen LogP contribution in [0.25, 0.3) is 11.1 Å². The van der Waals surface area contributed by atoms with Crippen molar-refractivity contribution >= 4 is 0 Å². The first-order valence-corrected chi connectivity index (χ1v) is 6.51. The zero-order valence-electron chi connectivity index (χ0n) is 10.8. The molecule has 0 nitrogen and oxygen atoms in total. The van der Waals surface area contributed by atoms with Gasteiger partial charge in [0.25, 0.3) is 0 Å². The topological polar surface area (TPSA) is 0 Å². The Morgan fingerprint density at radius 2 is 1.33 bits per heavy atom. The highest BCUT2D eigenvalue weighted by Gasteiger charge is 2.43. The van der Waals surface area contributed by atoms with Crippen LogP contribution in [0.4, 0.5) is 4.39 Å². The Hall–Kier alpha value is -1.63. The molecule has 0 unspecified atom stereocenters. The molecular weight excluding hydrogens is 223 g/mol. The van der Waals surface area contributed by atoms with Crippen molar-refractivity contribution in [2.45, 2.75) is 25.9 Å². The molecule has 0 saturated carbocycles. The number of alkyl halides is 1. The van der Waals surface area contributed by atoms with Gasteiger partial charge >= 0.3 is 0 Å². The minimum absolute atomic E-state index is 0.328. The van der Waals surface area contributed by atoms with E-state index in [1.165, 1.54) is 0 Å².